The van der Waals surface area contributed by atoms with Gasteiger partial charge in [0.15, 0.2) is 5.79 Å². The van der Waals surface area contributed by atoms with Crippen LogP contribution in [0.5, 0.6) is 0 Å². The van der Waals surface area contributed by atoms with Gasteiger partial charge in [-0.05, 0) is 74.9 Å². The van der Waals surface area contributed by atoms with E-state index in [1.165, 1.54) is 6.92 Å². The molecule has 3 fully saturated rings. The molecule has 8 atom stereocenters. The summed E-state index contributed by atoms with van der Waals surface area (Å²) in [6.45, 7) is 61.6. The monoisotopic (exact) mass is 798 g/mol. The Labute approximate surface area is 348 Å². The molecule has 7 heteroatoms. The van der Waals surface area contributed by atoms with E-state index in [-0.39, 0.29) is 46.1 Å². The second kappa shape index (κ2) is 17.8. The van der Waals surface area contributed by atoms with Gasteiger partial charge in [0.05, 0.1) is 37.6 Å². The lowest BCUT2D eigenvalue weighted by Crippen LogP contribution is -2.42. The van der Waals surface area contributed by atoms with E-state index in [9.17, 15) is 4.39 Å². The summed E-state index contributed by atoms with van der Waals surface area (Å²) < 4.78 is 42.1. The van der Waals surface area contributed by atoms with Crippen molar-refractivity contribution >= 4 is 6.21 Å². The minimum Gasteiger partial charge on any atom is -0.381 e. The Bertz CT molecular complexity index is 1090. The highest BCUT2D eigenvalue weighted by Crippen LogP contribution is 2.47. The number of ether oxygens (including phenoxy) is 5. The Morgan fingerprint density at radius 1 is 0.429 bits per heavy atom. The van der Waals surface area contributed by atoms with Gasteiger partial charge in [0.2, 0.25) is 0 Å². The van der Waals surface area contributed by atoms with Gasteiger partial charge in [-0.2, -0.15) is 4.39 Å². The number of halogens is 1. The molecule has 0 N–H and O–H groups in total. The smallest absolute Gasteiger partial charge is 0.318 e. The number of rotatable bonds is 0. The molecule has 6 nitrogen and oxygen atoms in total. The quantitative estimate of drug-likeness (QED) is 0.244. The summed E-state index contributed by atoms with van der Waals surface area (Å²) in [5.74, 6) is 2.34. The Morgan fingerprint density at radius 3 is 0.946 bits per heavy atom. The van der Waals surface area contributed by atoms with E-state index in [0.29, 0.717) is 45.3 Å². The van der Waals surface area contributed by atoms with Crippen LogP contribution in [0, 0.1) is 67.0 Å². The van der Waals surface area contributed by atoms with Gasteiger partial charge in [0, 0.05) is 25.6 Å². The van der Waals surface area contributed by atoms with E-state index in [1.807, 2.05) is 55.4 Å². The predicted octanol–water partition coefficient (Wildman–Crippen LogP) is 13.8. The maximum atomic E-state index is 13.7. The van der Waals surface area contributed by atoms with Crippen molar-refractivity contribution in [2.45, 2.75) is 223 Å². The normalized spacial score (nSPS) is 32.9. The first-order chi connectivity index (χ1) is 24.3. The first kappa shape index (κ1) is 53.4. The van der Waals surface area contributed by atoms with Crippen molar-refractivity contribution in [3.8, 4) is 0 Å². The Kier molecular flexibility index (Phi) is 17.0. The van der Waals surface area contributed by atoms with Crippen LogP contribution in [0.3, 0.4) is 0 Å². The van der Waals surface area contributed by atoms with Crippen molar-refractivity contribution < 1.29 is 28.1 Å². The zero-order valence-corrected chi connectivity index (χ0v) is 42.2. The summed E-state index contributed by atoms with van der Waals surface area (Å²) in [6, 6.07) is -1.95. The van der Waals surface area contributed by atoms with E-state index >= 15 is 0 Å². The zero-order chi connectivity index (χ0) is 44.7. The third-order valence-corrected chi connectivity index (χ3v) is 11.9. The van der Waals surface area contributed by atoms with Crippen molar-refractivity contribution in [2.24, 2.45) is 72.0 Å². The molecule has 0 saturated carbocycles. The first-order valence-electron chi connectivity index (χ1n) is 21.8. The van der Waals surface area contributed by atoms with Crippen LogP contribution >= 0.6 is 0 Å². The van der Waals surface area contributed by atoms with Gasteiger partial charge in [-0.3, -0.25) is 4.99 Å². The van der Waals surface area contributed by atoms with Crippen LogP contribution in [0.4, 0.5) is 4.39 Å². The van der Waals surface area contributed by atoms with Gasteiger partial charge in [0.1, 0.15) is 0 Å². The number of aliphatic imine (C=N–C) groups is 1. The summed E-state index contributed by atoms with van der Waals surface area (Å²) in [4.78, 5) is 4.45. The summed E-state index contributed by atoms with van der Waals surface area (Å²) in [5.41, 5.74) is 1.50. The highest BCUT2D eigenvalue weighted by molar-refractivity contribution is 5.64. The van der Waals surface area contributed by atoms with Crippen molar-refractivity contribution in [2.75, 3.05) is 19.8 Å². The Balaban J connectivity index is 0.000000374. The second-order valence-electron chi connectivity index (χ2n) is 26.7. The van der Waals surface area contributed by atoms with E-state index in [1.54, 1.807) is 0 Å². The molecule has 3 saturated heterocycles. The molecular weight excluding hydrogens is 702 g/mol. The van der Waals surface area contributed by atoms with E-state index in [2.05, 4.69) is 136 Å². The van der Waals surface area contributed by atoms with Gasteiger partial charge in [-0.1, -0.05) is 166 Å². The summed E-state index contributed by atoms with van der Waals surface area (Å²) in [6.07, 6.45) is 2.07. The van der Waals surface area contributed by atoms with Crippen LogP contribution in [0.2, 0.25) is 0 Å². The van der Waals surface area contributed by atoms with Crippen molar-refractivity contribution in [3.63, 3.8) is 0 Å². The SMILES string of the molecule is CC(C)(C)C1C=NCC1C(C)(C)C.CC(C)(C)C1COCC1C(C)(C)C.CC1(C)OC(C(C)(C)C)C(C(C)(C)C)O1.CC1(F)OC(C(C)(C)C)C(C(C)(C)C)O1. The number of alkyl halides is 1. The summed E-state index contributed by atoms with van der Waals surface area (Å²) in [5, 5.41) is 0. The molecule has 0 bridgehead atoms. The molecule has 334 valence electrons. The molecular formula is C49H96FNO5. The molecule has 4 aliphatic heterocycles. The summed E-state index contributed by atoms with van der Waals surface area (Å²) >= 11 is 0. The first-order valence-corrected chi connectivity index (χ1v) is 21.8. The van der Waals surface area contributed by atoms with Gasteiger partial charge >= 0.3 is 6.04 Å². The highest BCUT2D eigenvalue weighted by atomic mass is 19.2. The molecule has 4 rings (SSSR count). The molecule has 0 aromatic carbocycles. The number of hydrogen-bond donors (Lipinski definition) is 0. The third kappa shape index (κ3) is 16.1. The standard InChI is InChI=1S/C13H26O2.C12H23FO2.C12H23N.C12H24O/c1-11(2,3)9-10(12(4,5)6)15-13(7,8)14-9;1-10(2,3)8-9(11(4,5)6)15-12(7,13)14-8;2*1-11(2,3)9-7-13-8-10(9)12(4,5)6/h9-10H,1-8H3;8-9H,1-7H3;7,9-10H,8H2,1-6H3;9-10H,7-8H2,1-6H3. The van der Waals surface area contributed by atoms with Gasteiger partial charge < -0.3 is 23.7 Å². The zero-order valence-electron chi connectivity index (χ0n) is 42.2. The minimum absolute atomic E-state index is 0.117. The van der Waals surface area contributed by atoms with Gasteiger partial charge in [-0.15, -0.1) is 0 Å². The molecule has 0 aromatic heterocycles. The Hall–Kier alpha value is -0.600. The van der Waals surface area contributed by atoms with Gasteiger partial charge in [-0.25, -0.2) is 0 Å². The van der Waals surface area contributed by atoms with Crippen LogP contribution < -0.4 is 0 Å². The van der Waals surface area contributed by atoms with Crippen molar-refractivity contribution in [3.05, 3.63) is 0 Å². The number of hydrogen-bond acceptors (Lipinski definition) is 6. The molecule has 0 spiro atoms. The maximum Gasteiger partial charge on any atom is 0.318 e. The van der Waals surface area contributed by atoms with Crippen LogP contribution in [-0.4, -0.2) is 62.2 Å². The maximum absolute atomic E-state index is 13.7. The molecule has 0 radical (unpaired) electrons. The van der Waals surface area contributed by atoms with E-state index < -0.39 is 11.8 Å². The third-order valence-electron chi connectivity index (χ3n) is 11.9. The largest absolute Gasteiger partial charge is 0.381 e. The Morgan fingerprint density at radius 2 is 0.714 bits per heavy atom. The second-order valence-corrected chi connectivity index (χ2v) is 26.7. The fourth-order valence-electron chi connectivity index (χ4n) is 8.30. The molecule has 0 amide bonds. The fourth-order valence-corrected chi connectivity index (χ4v) is 8.30. The average Bonchev–Trinajstić information content (AvgIpc) is 3.70. The molecule has 0 aliphatic carbocycles. The fraction of sp³-hybridized carbons (Fsp3) is 0.980. The van der Waals surface area contributed by atoms with E-state index in [4.69, 9.17) is 23.7 Å². The van der Waals surface area contributed by atoms with Crippen LogP contribution in [0.15, 0.2) is 4.99 Å². The topological polar surface area (TPSA) is 58.5 Å². The predicted molar refractivity (Wildman–Crippen MR) is 237 cm³/mol. The molecule has 8 unspecified atom stereocenters. The lowest BCUT2D eigenvalue weighted by molar-refractivity contribution is -0.261. The van der Waals surface area contributed by atoms with Gasteiger partial charge in [0.25, 0.3) is 0 Å². The molecule has 4 heterocycles. The van der Waals surface area contributed by atoms with E-state index in [0.717, 1.165) is 19.8 Å². The van der Waals surface area contributed by atoms with Crippen molar-refractivity contribution in [1.29, 1.82) is 0 Å². The molecule has 0 aromatic rings. The van der Waals surface area contributed by atoms with Crippen LogP contribution in [0.1, 0.15) is 187 Å². The van der Waals surface area contributed by atoms with Crippen LogP contribution in [0.25, 0.3) is 0 Å². The average molecular weight is 798 g/mol. The van der Waals surface area contributed by atoms with Crippen molar-refractivity contribution in [1.82, 2.24) is 0 Å². The molecule has 56 heavy (non-hydrogen) atoms. The lowest BCUT2D eigenvalue weighted by atomic mass is 9.66. The lowest BCUT2D eigenvalue weighted by Gasteiger charge is -2.38. The minimum atomic E-state index is -1.95. The summed E-state index contributed by atoms with van der Waals surface area (Å²) in [7, 11) is 0. The van der Waals surface area contributed by atoms with Crippen LogP contribution in [-0.2, 0) is 23.7 Å². The number of nitrogens with zero attached hydrogens (tertiary/aromatic N) is 1. The highest BCUT2D eigenvalue weighted by Gasteiger charge is 2.54. The molecule has 4 aliphatic rings.